The molecule has 0 spiro atoms. The molecule has 0 aliphatic rings. The number of hydrogen-bond donors (Lipinski definition) is 0. The second kappa shape index (κ2) is 5.53. The molecule has 0 atom stereocenters. The van der Waals surface area contributed by atoms with Crippen LogP contribution in [0.4, 0.5) is 0 Å². The van der Waals surface area contributed by atoms with E-state index in [0.29, 0.717) is 6.54 Å². The average molecular weight is 303 g/mol. The number of para-hydroxylation sites is 2. The average Bonchev–Trinajstić information content (AvgIpc) is 2.99. The summed E-state index contributed by atoms with van der Waals surface area (Å²) in [6.45, 7) is 4.90. The molecule has 2 aromatic heterocycles. The van der Waals surface area contributed by atoms with E-state index >= 15 is 0 Å². The van der Waals surface area contributed by atoms with Gasteiger partial charge in [-0.15, -0.1) is 0 Å². The number of benzene rings is 1. The third-order valence-electron chi connectivity index (χ3n) is 3.86. The summed E-state index contributed by atoms with van der Waals surface area (Å²) < 4.78 is 4.12. The van der Waals surface area contributed by atoms with Gasteiger partial charge in [0, 0.05) is 13.5 Å². The molecular weight excluding hydrogens is 284 g/mol. The first-order valence-corrected chi connectivity index (χ1v) is 7.67. The molecule has 0 aliphatic carbocycles. The fraction of sp³-hybridized carbons (Fsp3) is 0.375. The van der Waals surface area contributed by atoms with Gasteiger partial charge in [-0.3, -0.25) is 4.68 Å². The van der Waals surface area contributed by atoms with Gasteiger partial charge in [0.15, 0.2) is 0 Å². The smallest absolute Gasteiger partial charge is 0.109 e. The molecule has 0 saturated heterocycles. The highest BCUT2D eigenvalue weighted by molar-refractivity contribution is 6.31. The monoisotopic (exact) mass is 302 g/mol. The molecule has 3 aromatic rings. The second-order valence-electron chi connectivity index (χ2n) is 5.14. The standard InChI is InChI=1S/C16H19ClN4/c1-4-11-16(17)14(20(3)19-11)10-21-13-9-7-6-8-12(13)18-15(21)5-2/h6-9H,4-5,10H2,1-3H3. The minimum absolute atomic E-state index is 0.700. The summed E-state index contributed by atoms with van der Waals surface area (Å²) >= 11 is 6.48. The number of halogens is 1. The maximum atomic E-state index is 6.48. The number of imidazole rings is 1. The predicted molar refractivity (Wildman–Crippen MR) is 85.8 cm³/mol. The Balaban J connectivity index is 2.11. The minimum Gasteiger partial charge on any atom is -0.322 e. The van der Waals surface area contributed by atoms with Crippen LogP contribution in [-0.2, 0) is 26.4 Å². The summed E-state index contributed by atoms with van der Waals surface area (Å²) in [5.41, 5.74) is 4.16. The molecule has 0 bridgehead atoms. The van der Waals surface area contributed by atoms with Gasteiger partial charge in [0.25, 0.3) is 0 Å². The fourth-order valence-electron chi connectivity index (χ4n) is 2.71. The summed E-state index contributed by atoms with van der Waals surface area (Å²) in [4.78, 5) is 4.70. The number of nitrogens with zero attached hydrogens (tertiary/aromatic N) is 4. The van der Waals surface area contributed by atoms with Gasteiger partial charge in [-0.2, -0.15) is 5.10 Å². The summed E-state index contributed by atoms with van der Waals surface area (Å²) in [6.07, 6.45) is 1.74. The van der Waals surface area contributed by atoms with Crippen molar-refractivity contribution in [3.8, 4) is 0 Å². The van der Waals surface area contributed by atoms with E-state index in [4.69, 9.17) is 16.6 Å². The molecule has 2 heterocycles. The Morgan fingerprint density at radius 3 is 2.57 bits per heavy atom. The van der Waals surface area contributed by atoms with Gasteiger partial charge in [0.05, 0.1) is 34.0 Å². The Labute approximate surface area is 129 Å². The minimum atomic E-state index is 0.700. The molecule has 0 unspecified atom stereocenters. The molecule has 1 aromatic carbocycles. The number of hydrogen-bond acceptors (Lipinski definition) is 2. The second-order valence-corrected chi connectivity index (χ2v) is 5.52. The van der Waals surface area contributed by atoms with Crippen molar-refractivity contribution in [3.05, 3.63) is 46.5 Å². The van der Waals surface area contributed by atoms with E-state index < -0.39 is 0 Å². The van der Waals surface area contributed by atoms with Crippen LogP contribution in [0.2, 0.25) is 5.02 Å². The van der Waals surface area contributed by atoms with E-state index in [1.165, 1.54) is 0 Å². The molecule has 5 heteroatoms. The van der Waals surface area contributed by atoms with Gasteiger partial charge in [0.2, 0.25) is 0 Å². The third-order valence-corrected chi connectivity index (χ3v) is 4.30. The van der Waals surface area contributed by atoms with Crippen molar-refractivity contribution in [2.75, 3.05) is 0 Å². The van der Waals surface area contributed by atoms with Gasteiger partial charge in [-0.25, -0.2) is 4.98 Å². The highest BCUT2D eigenvalue weighted by atomic mass is 35.5. The lowest BCUT2D eigenvalue weighted by atomic mass is 10.2. The number of aromatic nitrogens is 4. The summed E-state index contributed by atoms with van der Waals surface area (Å²) in [7, 11) is 1.95. The van der Waals surface area contributed by atoms with Gasteiger partial charge < -0.3 is 4.57 Å². The van der Waals surface area contributed by atoms with Crippen molar-refractivity contribution in [1.29, 1.82) is 0 Å². The normalized spacial score (nSPS) is 11.4. The van der Waals surface area contributed by atoms with Gasteiger partial charge >= 0.3 is 0 Å². The molecule has 3 rings (SSSR count). The van der Waals surface area contributed by atoms with Crippen molar-refractivity contribution < 1.29 is 0 Å². The molecule has 0 saturated carbocycles. The number of fused-ring (bicyclic) bond motifs is 1. The van der Waals surface area contributed by atoms with Crippen LogP contribution in [0.15, 0.2) is 24.3 Å². The quantitative estimate of drug-likeness (QED) is 0.738. The SMILES string of the molecule is CCc1nn(C)c(Cn2c(CC)nc3ccccc32)c1Cl. The van der Waals surface area contributed by atoms with E-state index in [-0.39, 0.29) is 0 Å². The summed E-state index contributed by atoms with van der Waals surface area (Å²) in [6, 6.07) is 8.22. The molecule has 110 valence electrons. The molecule has 0 radical (unpaired) electrons. The zero-order chi connectivity index (χ0) is 15.0. The molecule has 0 aliphatic heterocycles. The summed E-state index contributed by atoms with van der Waals surface area (Å²) in [5, 5.41) is 5.27. The van der Waals surface area contributed by atoms with E-state index in [0.717, 1.165) is 46.1 Å². The van der Waals surface area contributed by atoms with E-state index in [9.17, 15) is 0 Å². The lowest BCUT2D eigenvalue weighted by Crippen LogP contribution is -2.08. The van der Waals surface area contributed by atoms with Crippen LogP contribution < -0.4 is 0 Å². The third kappa shape index (κ3) is 2.33. The lowest BCUT2D eigenvalue weighted by molar-refractivity contribution is 0.652. The van der Waals surface area contributed by atoms with Crippen LogP contribution in [0.25, 0.3) is 11.0 Å². The van der Waals surface area contributed by atoms with Gasteiger partial charge in [0.1, 0.15) is 5.82 Å². The van der Waals surface area contributed by atoms with Crippen LogP contribution in [0.3, 0.4) is 0 Å². The van der Waals surface area contributed by atoms with Crippen molar-refractivity contribution >= 4 is 22.6 Å². The van der Waals surface area contributed by atoms with Crippen LogP contribution in [0, 0.1) is 0 Å². The zero-order valence-corrected chi connectivity index (χ0v) is 13.4. The molecule has 0 N–H and O–H groups in total. The van der Waals surface area contributed by atoms with E-state index in [1.54, 1.807) is 0 Å². The highest BCUT2D eigenvalue weighted by Crippen LogP contribution is 2.24. The van der Waals surface area contributed by atoms with Crippen LogP contribution in [-0.4, -0.2) is 19.3 Å². The zero-order valence-electron chi connectivity index (χ0n) is 12.6. The first-order valence-electron chi connectivity index (χ1n) is 7.30. The maximum absolute atomic E-state index is 6.48. The first kappa shape index (κ1) is 14.1. The molecule has 0 fully saturated rings. The summed E-state index contributed by atoms with van der Waals surface area (Å²) in [5.74, 6) is 1.08. The first-order chi connectivity index (χ1) is 10.2. The molecular formula is C16H19ClN4. The number of aryl methyl sites for hydroxylation is 3. The highest BCUT2D eigenvalue weighted by Gasteiger charge is 2.16. The Hall–Kier alpha value is -1.81. The van der Waals surface area contributed by atoms with Crippen molar-refractivity contribution in [2.24, 2.45) is 7.05 Å². The lowest BCUT2D eigenvalue weighted by Gasteiger charge is -2.09. The largest absolute Gasteiger partial charge is 0.322 e. The molecule has 21 heavy (non-hydrogen) atoms. The van der Waals surface area contributed by atoms with Gasteiger partial charge in [-0.1, -0.05) is 37.6 Å². The van der Waals surface area contributed by atoms with Crippen molar-refractivity contribution in [1.82, 2.24) is 19.3 Å². The maximum Gasteiger partial charge on any atom is 0.109 e. The Morgan fingerprint density at radius 2 is 1.90 bits per heavy atom. The Bertz CT molecular complexity index is 785. The molecule has 4 nitrogen and oxygen atoms in total. The predicted octanol–water partition coefficient (Wildman–Crippen LogP) is 3.60. The van der Waals surface area contributed by atoms with Crippen LogP contribution in [0.5, 0.6) is 0 Å². The van der Waals surface area contributed by atoms with E-state index in [2.05, 4.69) is 29.6 Å². The van der Waals surface area contributed by atoms with Crippen molar-refractivity contribution in [2.45, 2.75) is 33.2 Å². The van der Waals surface area contributed by atoms with Gasteiger partial charge in [-0.05, 0) is 18.6 Å². The Kier molecular flexibility index (Phi) is 3.72. The Morgan fingerprint density at radius 1 is 1.14 bits per heavy atom. The molecule has 0 amide bonds. The van der Waals surface area contributed by atoms with Crippen LogP contribution >= 0.6 is 11.6 Å². The number of rotatable bonds is 4. The van der Waals surface area contributed by atoms with Crippen LogP contribution in [0.1, 0.15) is 31.1 Å². The fourth-order valence-corrected chi connectivity index (χ4v) is 3.07. The topological polar surface area (TPSA) is 35.6 Å². The van der Waals surface area contributed by atoms with Crippen molar-refractivity contribution in [3.63, 3.8) is 0 Å². The van der Waals surface area contributed by atoms with E-state index in [1.807, 2.05) is 29.9 Å².